The summed E-state index contributed by atoms with van der Waals surface area (Å²) in [5.41, 5.74) is 0.912. The molecule has 0 unspecified atom stereocenters. The highest BCUT2D eigenvalue weighted by molar-refractivity contribution is 6.36. The molecule has 0 aliphatic heterocycles. The van der Waals surface area contributed by atoms with Crippen LogP contribution in [0, 0.1) is 13.8 Å². The van der Waals surface area contributed by atoms with E-state index in [1.165, 1.54) is 0 Å². The molecule has 2 rings (SSSR count). The van der Waals surface area contributed by atoms with Crippen molar-refractivity contribution in [2.45, 2.75) is 13.8 Å². The predicted octanol–water partition coefficient (Wildman–Crippen LogP) is 4.43. The maximum Gasteiger partial charge on any atom is 0.198 e. The van der Waals surface area contributed by atoms with Gasteiger partial charge in [0.25, 0.3) is 0 Å². The minimum atomic E-state index is -0.174. The molecule has 0 bridgehead atoms. The first kappa shape index (κ1) is 12.2. The molecule has 0 radical (unpaired) electrons. The molecular formula is C13H10Cl2O2. The number of aryl methyl sites for hydroxylation is 2. The summed E-state index contributed by atoms with van der Waals surface area (Å²) in [6.07, 6.45) is 0. The number of carbonyl (C=O) groups is 1. The van der Waals surface area contributed by atoms with E-state index in [-0.39, 0.29) is 5.78 Å². The van der Waals surface area contributed by atoms with Crippen molar-refractivity contribution in [1.82, 2.24) is 0 Å². The van der Waals surface area contributed by atoms with Crippen molar-refractivity contribution in [3.05, 3.63) is 57.0 Å². The van der Waals surface area contributed by atoms with Crippen LogP contribution in [0.25, 0.3) is 0 Å². The van der Waals surface area contributed by atoms with E-state index in [9.17, 15) is 4.79 Å². The molecular weight excluding hydrogens is 259 g/mol. The van der Waals surface area contributed by atoms with E-state index in [2.05, 4.69) is 0 Å². The van der Waals surface area contributed by atoms with Crippen LogP contribution in [-0.2, 0) is 0 Å². The zero-order valence-electron chi connectivity index (χ0n) is 9.38. The summed E-state index contributed by atoms with van der Waals surface area (Å²) < 4.78 is 5.33. The first-order valence-corrected chi connectivity index (χ1v) is 5.81. The molecule has 0 saturated carbocycles. The number of ketones is 1. The van der Waals surface area contributed by atoms with Gasteiger partial charge in [0.15, 0.2) is 5.78 Å². The third-order valence-corrected chi connectivity index (χ3v) is 3.02. The van der Waals surface area contributed by atoms with Gasteiger partial charge in [-0.1, -0.05) is 23.2 Å². The zero-order chi connectivity index (χ0) is 12.6. The molecule has 0 amide bonds. The number of hydrogen-bond acceptors (Lipinski definition) is 2. The average Bonchev–Trinajstić information content (AvgIpc) is 2.60. The maximum absolute atomic E-state index is 12.3. The molecule has 0 saturated heterocycles. The summed E-state index contributed by atoms with van der Waals surface area (Å²) >= 11 is 11.8. The first-order chi connectivity index (χ1) is 7.99. The van der Waals surface area contributed by atoms with Crippen molar-refractivity contribution in [2.75, 3.05) is 0 Å². The molecule has 1 aromatic carbocycles. The second kappa shape index (κ2) is 4.55. The van der Waals surface area contributed by atoms with Gasteiger partial charge in [0, 0.05) is 10.6 Å². The van der Waals surface area contributed by atoms with Gasteiger partial charge in [-0.3, -0.25) is 4.79 Å². The minimum absolute atomic E-state index is 0.174. The molecule has 1 aromatic heterocycles. The molecule has 17 heavy (non-hydrogen) atoms. The molecule has 2 aromatic rings. The highest BCUT2D eigenvalue weighted by atomic mass is 35.5. The van der Waals surface area contributed by atoms with Crippen molar-refractivity contribution < 1.29 is 9.21 Å². The number of furan rings is 1. The summed E-state index contributed by atoms with van der Waals surface area (Å²) in [4.78, 5) is 12.3. The third-order valence-electron chi connectivity index (χ3n) is 2.46. The van der Waals surface area contributed by atoms with Crippen LogP contribution in [0.5, 0.6) is 0 Å². The van der Waals surface area contributed by atoms with Crippen LogP contribution in [0.1, 0.15) is 27.4 Å². The second-order valence-electron chi connectivity index (χ2n) is 3.78. The van der Waals surface area contributed by atoms with Crippen LogP contribution in [0.4, 0.5) is 0 Å². The van der Waals surface area contributed by atoms with Crippen LogP contribution in [-0.4, -0.2) is 5.78 Å². The van der Waals surface area contributed by atoms with Gasteiger partial charge in [-0.25, -0.2) is 0 Å². The summed E-state index contributed by atoms with van der Waals surface area (Å²) in [6.45, 7) is 3.54. The van der Waals surface area contributed by atoms with Crippen molar-refractivity contribution in [1.29, 1.82) is 0 Å². The first-order valence-electron chi connectivity index (χ1n) is 5.06. The summed E-state index contributed by atoms with van der Waals surface area (Å²) in [5.74, 6) is 1.11. The Morgan fingerprint density at radius 2 is 1.82 bits per heavy atom. The number of hydrogen-bond donors (Lipinski definition) is 0. The standard InChI is InChI=1S/C13H10Cl2O2/c1-7-5-10(8(2)17-7)13(16)11-6-9(14)3-4-12(11)15/h3-6H,1-2H3. The number of benzene rings is 1. The average molecular weight is 269 g/mol. The molecule has 0 aliphatic carbocycles. The maximum atomic E-state index is 12.3. The lowest BCUT2D eigenvalue weighted by molar-refractivity contribution is 0.103. The number of halogens is 2. The largest absolute Gasteiger partial charge is 0.466 e. The Labute approximate surface area is 109 Å². The van der Waals surface area contributed by atoms with Gasteiger partial charge >= 0.3 is 0 Å². The topological polar surface area (TPSA) is 30.2 Å². The van der Waals surface area contributed by atoms with Gasteiger partial charge < -0.3 is 4.42 Å². The number of carbonyl (C=O) groups excluding carboxylic acids is 1. The quantitative estimate of drug-likeness (QED) is 0.755. The minimum Gasteiger partial charge on any atom is -0.466 e. The van der Waals surface area contributed by atoms with Crippen molar-refractivity contribution in [2.24, 2.45) is 0 Å². The van der Waals surface area contributed by atoms with E-state index in [4.69, 9.17) is 27.6 Å². The second-order valence-corrected chi connectivity index (χ2v) is 4.62. The van der Waals surface area contributed by atoms with Crippen LogP contribution in [0.2, 0.25) is 10.0 Å². The Kier molecular flexibility index (Phi) is 3.27. The van der Waals surface area contributed by atoms with Crippen molar-refractivity contribution in [3.8, 4) is 0 Å². The van der Waals surface area contributed by atoms with E-state index in [0.29, 0.717) is 32.7 Å². The monoisotopic (exact) mass is 268 g/mol. The van der Waals surface area contributed by atoms with Crippen LogP contribution < -0.4 is 0 Å². The van der Waals surface area contributed by atoms with E-state index in [1.807, 2.05) is 0 Å². The van der Waals surface area contributed by atoms with E-state index in [1.54, 1.807) is 38.1 Å². The van der Waals surface area contributed by atoms with Gasteiger partial charge in [0.05, 0.1) is 10.6 Å². The number of rotatable bonds is 2. The Bertz CT molecular complexity index is 585. The van der Waals surface area contributed by atoms with Crippen molar-refractivity contribution >= 4 is 29.0 Å². The SMILES string of the molecule is Cc1cc(C(=O)c2cc(Cl)ccc2Cl)c(C)o1. The highest BCUT2D eigenvalue weighted by Crippen LogP contribution is 2.25. The van der Waals surface area contributed by atoms with Crippen LogP contribution in [0.15, 0.2) is 28.7 Å². The van der Waals surface area contributed by atoms with Crippen molar-refractivity contribution in [3.63, 3.8) is 0 Å². The van der Waals surface area contributed by atoms with E-state index in [0.717, 1.165) is 0 Å². The van der Waals surface area contributed by atoms with E-state index >= 15 is 0 Å². The predicted molar refractivity (Wildman–Crippen MR) is 68.1 cm³/mol. The third kappa shape index (κ3) is 2.38. The summed E-state index contributed by atoms with van der Waals surface area (Å²) in [6, 6.07) is 6.52. The molecule has 0 fully saturated rings. The van der Waals surface area contributed by atoms with Gasteiger partial charge in [-0.15, -0.1) is 0 Å². The lowest BCUT2D eigenvalue weighted by Crippen LogP contribution is -2.02. The normalized spacial score (nSPS) is 10.6. The van der Waals surface area contributed by atoms with Crippen LogP contribution >= 0.6 is 23.2 Å². The Balaban J connectivity index is 2.50. The molecule has 0 spiro atoms. The molecule has 2 nitrogen and oxygen atoms in total. The van der Waals surface area contributed by atoms with Crippen LogP contribution in [0.3, 0.4) is 0 Å². The Morgan fingerprint density at radius 3 is 2.41 bits per heavy atom. The van der Waals surface area contributed by atoms with E-state index < -0.39 is 0 Å². The van der Waals surface area contributed by atoms with Gasteiger partial charge in [-0.2, -0.15) is 0 Å². The molecule has 0 aliphatic rings. The highest BCUT2D eigenvalue weighted by Gasteiger charge is 2.18. The van der Waals surface area contributed by atoms with Gasteiger partial charge in [0.2, 0.25) is 0 Å². The molecule has 0 atom stereocenters. The molecule has 88 valence electrons. The lowest BCUT2D eigenvalue weighted by atomic mass is 10.0. The molecule has 1 heterocycles. The van der Waals surface area contributed by atoms with Gasteiger partial charge in [0.1, 0.15) is 11.5 Å². The summed E-state index contributed by atoms with van der Waals surface area (Å²) in [7, 11) is 0. The lowest BCUT2D eigenvalue weighted by Gasteiger charge is -2.02. The molecule has 4 heteroatoms. The Morgan fingerprint density at radius 1 is 1.12 bits per heavy atom. The fourth-order valence-electron chi connectivity index (χ4n) is 1.67. The fourth-order valence-corrected chi connectivity index (χ4v) is 2.05. The Hall–Kier alpha value is -1.25. The fraction of sp³-hybridized carbons (Fsp3) is 0.154. The smallest absolute Gasteiger partial charge is 0.198 e. The summed E-state index contributed by atoms with van der Waals surface area (Å²) in [5, 5.41) is 0.869. The zero-order valence-corrected chi connectivity index (χ0v) is 10.9. The van der Waals surface area contributed by atoms with Gasteiger partial charge in [-0.05, 0) is 38.1 Å². The molecule has 0 N–H and O–H groups in total.